The van der Waals surface area contributed by atoms with Crippen molar-refractivity contribution in [2.75, 3.05) is 18.5 Å². The summed E-state index contributed by atoms with van der Waals surface area (Å²) in [6, 6.07) is 5.50. The molecule has 144 valence electrons. The normalized spacial score (nSPS) is 12.1. The van der Waals surface area contributed by atoms with Gasteiger partial charge in [0.05, 0.1) is 11.5 Å². The molecule has 0 spiro atoms. The van der Waals surface area contributed by atoms with Gasteiger partial charge in [-0.3, -0.25) is 14.6 Å². The molecule has 1 aromatic rings. The summed E-state index contributed by atoms with van der Waals surface area (Å²) in [6.07, 6.45) is 0. The fourth-order valence-corrected chi connectivity index (χ4v) is 2.83. The SMILES string of the molecule is O=[N+]([O-])c1cccc(NCCOP(=O)(O)OP(=O)(O)O)c1.[Be].[F-].[F-].[F-]. The first-order valence-corrected chi connectivity index (χ1v) is 8.34. The van der Waals surface area contributed by atoms with E-state index in [0.29, 0.717) is 5.69 Å². The molecule has 17 heteroatoms. The van der Waals surface area contributed by atoms with E-state index >= 15 is 0 Å². The van der Waals surface area contributed by atoms with Gasteiger partial charge in [0, 0.05) is 34.5 Å². The van der Waals surface area contributed by atoms with Crippen LogP contribution in [-0.4, -0.2) is 42.9 Å². The topological polar surface area (TPSA) is 168 Å². The number of phosphoric acid groups is 2. The zero-order valence-electron chi connectivity index (χ0n) is 12.2. The Kier molecular flexibility index (Phi) is 16.2. The van der Waals surface area contributed by atoms with E-state index < -0.39 is 27.2 Å². The number of non-ortho nitro benzene ring substituents is 1. The molecule has 25 heavy (non-hydrogen) atoms. The van der Waals surface area contributed by atoms with Crippen LogP contribution in [0.15, 0.2) is 24.3 Å². The summed E-state index contributed by atoms with van der Waals surface area (Å²) in [7, 11) is -10.0. The van der Waals surface area contributed by atoms with Gasteiger partial charge in [-0.25, -0.2) is 9.13 Å². The maximum Gasteiger partial charge on any atom is 0.481 e. The quantitative estimate of drug-likeness (QED) is 0.107. The third-order valence-electron chi connectivity index (χ3n) is 1.95. The van der Waals surface area contributed by atoms with Crippen LogP contribution < -0.4 is 19.4 Å². The van der Waals surface area contributed by atoms with Crippen LogP contribution in [0.1, 0.15) is 0 Å². The molecule has 1 aromatic carbocycles. The van der Waals surface area contributed by atoms with E-state index in [1.807, 2.05) is 0 Å². The van der Waals surface area contributed by atoms with Gasteiger partial charge in [0.2, 0.25) is 0 Å². The second-order valence-corrected chi connectivity index (χ2v) is 6.44. The summed E-state index contributed by atoms with van der Waals surface area (Å²) < 4.78 is 29.3. The molecule has 11 nitrogen and oxygen atoms in total. The molecule has 2 radical (unpaired) electrons. The number of halogens is 3. The molecule has 0 saturated heterocycles. The number of nitro groups is 1. The van der Waals surface area contributed by atoms with Gasteiger partial charge in [0.15, 0.2) is 0 Å². The van der Waals surface area contributed by atoms with Crippen molar-refractivity contribution in [2.45, 2.75) is 0 Å². The van der Waals surface area contributed by atoms with Gasteiger partial charge < -0.3 is 34.1 Å². The Morgan fingerprint density at radius 1 is 1.16 bits per heavy atom. The summed E-state index contributed by atoms with van der Waals surface area (Å²) in [4.78, 5) is 35.7. The fourth-order valence-electron chi connectivity index (χ4n) is 1.24. The molecule has 0 bridgehead atoms. The van der Waals surface area contributed by atoms with Crippen LogP contribution in [0.4, 0.5) is 11.4 Å². The van der Waals surface area contributed by atoms with Crippen LogP contribution in [0.2, 0.25) is 0 Å². The molecule has 0 aliphatic carbocycles. The van der Waals surface area contributed by atoms with Crippen molar-refractivity contribution in [1.82, 2.24) is 0 Å². The first-order valence-electron chi connectivity index (χ1n) is 5.32. The Hall–Kier alpha value is -1.36. The summed E-state index contributed by atoms with van der Waals surface area (Å²) in [5.41, 5.74) is 0.232. The Labute approximate surface area is 142 Å². The molecular weight excluding hydrogens is 396 g/mol. The zero-order chi connectivity index (χ0) is 16.1. The summed E-state index contributed by atoms with van der Waals surface area (Å²) in [5, 5.41) is 13.2. The summed E-state index contributed by atoms with van der Waals surface area (Å²) >= 11 is 0. The summed E-state index contributed by atoms with van der Waals surface area (Å²) in [6.45, 7) is -0.466. The predicted molar refractivity (Wildman–Crippen MR) is 76.2 cm³/mol. The molecule has 0 aliphatic rings. The van der Waals surface area contributed by atoms with Crippen LogP contribution in [0.5, 0.6) is 0 Å². The third kappa shape index (κ3) is 13.6. The van der Waals surface area contributed by atoms with Gasteiger partial charge in [-0.15, -0.1) is 0 Å². The maximum absolute atomic E-state index is 11.1. The predicted octanol–water partition coefficient (Wildman–Crippen LogP) is -8.14. The number of anilines is 1. The number of benzene rings is 1. The van der Waals surface area contributed by atoms with Crippen LogP contribution in [-0.2, 0) is 18.0 Å². The smallest absolute Gasteiger partial charge is 0.481 e. The Morgan fingerprint density at radius 2 is 1.72 bits per heavy atom. The minimum atomic E-state index is -5.15. The van der Waals surface area contributed by atoms with E-state index in [4.69, 9.17) is 14.7 Å². The van der Waals surface area contributed by atoms with Crippen LogP contribution in [0, 0.1) is 10.1 Å². The van der Waals surface area contributed by atoms with E-state index in [2.05, 4.69) is 14.2 Å². The van der Waals surface area contributed by atoms with E-state index in [1.165, 1.54) is 24.3 Å². The molecule has 4 N–H and O–H groups in total. The molecule has 0 amide bonds. The minimum Gasteiger partial charge on any atom is -1.00 e. The average molecular weight is 408 g/mol. The second-order valence-electron chi connectivity index (χ2n) is 3.61. The molecule has 0 aliphatic heterocycles. The molecule has 1 rings (SSSR count). The van der Waals surface area contributed by atoms with Gasteiger partial charge in [-0.1, -0.05) is 6.07 Å². The Bertz CT molecular complexity index is 620. The second kappa shape index (κ2) is 12.9. The molecule has 1 atom stereocenters. The van der Waals surface area contributed by atoms with E-state index in [0.717, 1.165) is 0 Å². The van der Waals surface area contributed by atoms with Gasteiger partial charge in [0.1, 0.15) is 0 Å². The van der Waals surface area contributed by atoms with Gasteiger partial charge in [0.25, 0.3) is 5.69 Å². The van der Waals surface area contributed by atoms with Crippen molar-refractivity contribution in [3.05, 3.63) is 34.4 Å². The maximum atomic E-state index is 11.1. The molecule has 0 heterocycles. The third-order valence-corrected chi connectivity index (χ3v) is 4.14. The van der Waals surface area contributed by atoms with Crippen molar-refractivity contribution < 1.29 is 51.7 Å². The molecule has 0 saturated carbocycles. The van der Waals surface area contributed by atoms with E-state index in [-0.39, 0.29) is 36.5 Å². The van der Waals surface area contributed by atoms with Gasteiger partial charge in [-0.2, -0.15) is 4.31 Å². The molecule has 1 unspecified atom stereocenters. The van der Waals surface area contributed by atoms with Crippen LogP contribution in [0.25, 0.3) is 0 Å². The summed E-state index contributed by atoms with van der Waals surface area (Å²) in [5.74, 6) is 0. The molecule has 0 aromatic heterocycles. The fraction of sp³-hybridized carbons (Fsp3) is 0.250. The number of nitrogens with one attached hydrogen (secondary N) is 1. The largest absolute Gasteiger partial charge is 1.00 e. The number of phosphoric ester groups is 1. The van der Waals surface area contributed by atoms with E-state index in [1.54, 1.807) is 0 Å². The number of hydrogen-bond acceptors (Lipinski definition) is 7. The standard InChI is InChI=1S/C8H12N2O9P2.Be.3FH/c11-10(12)8-3-1-2-7(6-8)9-4-5-18-21(16,17)19-20(13,14)15;;;;/h1-3,6,9H,4-5H2,(H,16,17)(H2,13,14,15);;3*1H/p-3. The van der Waals surface area contributed by atoms with Crippen LogP contribution >= 0.6 is 15.6 Å². The van der Waals surface area contributed by atoms with Crippen LogP contribution in [0.3, 0.4) is 0 Å². The van der Waals surface area contributed by atoms with Crippen molar-refractivity contribution >= 4 is 37.1 Å². The van der Waals surface area contributed by atoms with Crippen molar-refractivity contribution in [1.29, 1.82) is 0 Å². The van der Waals surface area contributed by atoms with Crippen molar-refractivity contribution in [3.63, 3.8) is 0 Å². The minimum absolute atomic E-state index is 0. The monoisotopic (exact) mass is 408 g/mol. The number of hydrogen-bond donors (Lipinski definition) is 4. The molecular formula is C8H12BeF3N2O9P2-3. The Morgan fingerprint density at radius 3 is 2.20 bits per heavy atom. The Balaban J connectivity index is -0.000000551. The van der Waals surface area contributed by atoms with E-state index in [9.17, 15) is 19.2 Å². The number of nitro benzene ring substituents is 1. The van der Waals surface area contributed by atoms with Gasteiger partial charge in [-0.05, 0) is 6.07 Å². The first kappa shape index (κ1) is 31.4. The number of rotatable bonds is 8. The van der Waals surface area contributed by atoms with Gasteiger partial charge >= 0.3 is 15.6 Å². The molecule has 0 fully saturated rings. The average Bonchev–Trinajstić information content (AvgIpc) is 2.32. The number of nitrogens with zero attached hydrogens (tertiary/aromatic N) is 1. The first-order chi connectivity index (χ1) is 9.59. The zero-order valence-corrected chi connectivity index (χ0v) is 14.0. The van der Waals surface area contributed by atoms with Crippen molar-refractivity contribution in [3.8, 4) is 0 Å². The van der Waals surface area contributed by atoms with Crippen molar-refractivity contribution in [2.24, 2.45) is 0 Å².